The smallest absolute Gasteiger partial charge is 0.354 e. The molecular formula is C18H18F3N3O. The number of nitrogens with one attached hydrogen (secondary N) is 1. The van der Waals surface area contributed by atoms with E-state index < -0.39 is 11.7 Å². The number of likely N-dealkylation sites (tertiary alicyclic amines) is 1. The second-order valence-electron chi connectivity index (χ2n) is 5.99. The van der Waals surface area contributed by atoms with Crippen LogP contribution in [0.3, 0.4) is 0 Å². The number of carbonyl (C=O) groups excluding carboxylic acids is 1. The van der Waals surface area contributed by atoms with Crippen LogP contribution in [0.15, 0.2) is 42.6 Å². The van der Waals surface area contributed by atoms with E-state index in [1.807, 2.05) is 0 Å². The number of halogens is 3. The van der Waals surface area contributed by atoms with Crippen molar-refractivity contribution in [2.45, 2.75) is 25.4 Å². The minimum atomic E-state index is -4.39. The summed E-state index contributed by atoms with van der Waals surface area (Å²) in [6.45, 7) is 1.48. The van der Waals surface area contributed by atoms with Crippen molar-refractivity contribution in [1.29, 1.82) is 0 Å². The average molecular weight is 349 g/mol. The lowest BCUT2D eigenvalue weighted by atomic mass is 10.1. The van der Waals surface area contributed by atoms with Crippen LogP contribution in [0.2, 0.25) is 0 Å². The van der Waals surface area contributed by atoms with E-state index in [0.29, 0.717) is 17.1 Å². The summed E-state index contributed by atoms with van der Waals surface area (Å²) < 4.78 is 38.2. The minimum Gasteiger partial charge on any atom is -0.354 e. The van der Waals surface area contributed by atoms with Crippen LogP contribution < -0.4 is 5.32 Å². The molecule has 1 fully saturated rings. The standard InChI is InChI=1S/C18H18F3N3O/c19-18(20,21)13-5-4-6-14(11-13)23-15-7-8-16(22-12-15)17(25)24-9-2-1-3-10-24/h4-8,11-12,23H,1-3,9-10H2. The van der Waals surface area contributed by atoms with Crippen LogP contribution in [0.1, 0.15) is 35.3 Å². The minimum absolute atomic E-state index is 0.106. The predicted molar refractivity (Wildman–Crippen MR) is 88.7 cm³/mol. The summed E-state index contributed by atoms with van der Waals surface area (Å²) in [7, 11) is 0. The molecule has 7 heteroatoms. The van der Waals surface area contributed by atoms with Gasteiger partial charge in [0.15, 0.2) is 0 Å². The Balaban J connectivity index is 1.69. The van der Waals surface area contributed by atoms with Crippen molar-refractivity contribution < 1.29 is 18.0 Å². The third kappa shape index (κ3) is 4.29. The highest BCUT2D eigenvalue weighted by Crippen LogP contribution is 2.31. The molecule has 132 valence electrons. The number of carbonyl (C=O) groups is 1. The van der Waals surface area contributed by atoms with Crippen LogP contribution in [0.4, 0.5) is 24.5 Å². The van der Waals surface area contributed by atoms with Crippen molar-refractivity contribution >= 4 is 17.3 Å². The first-order valence-electron chi connectivity index (χ1n) is 8.13. The molecule has 25 heavy (non-hydrogen) atoms. The van der Waals surface area contributed by atoms with Gasteiger partial charge in [0, 0.05) is 18.8 Å². The van der Waals surface area contributed by atoms with Crippen molar-refractivity contribution in [2.75, 3.05) is 18.4 Å². The lowest BCUT2D eigenvalue weighted by Crippen LogP contribution is -2.36. The Bertz CT molecular complexity index is 738. The Hall–Kier alpha value is -2.57. The van der Waals surface area contributed by atoms with Crippen LogP contribution in [-0.2, 0) is 6.18 Å². The third-order valence-electron chi connectivity index (χ3n) is 4.10. The first-order chi connectivity index (χ1) is 11.9. The number of hydrogen-bond acceptors (Lipinski definition) is 3. The normalized spacial score (nSPS) is 15.1. The largest absolute Gasteiger partial charge is 0.416 e. The maximum absolute atomic E-state index is 12.7. The highest BCUT2D eigenvalue weighted by molar-refractivity contribution is 5.92. The van der Waals surface area contributed by atoms with Gasteiger partial charge in [-0.05, 0) is 49.6 Å². The zero-order valence-corrected chi connectivity index (χ0v) is 13.5. The van der Waals surface area contributed by atoms with Gasteiger partial charge in [-0.3, -0.25) is 4.79 Å². The van der Waals surface area contributed by atoms with Crippen LogP contribution in [0.5, 0.6) is 0 Å². The van der Waals surface area contributed by atoms with E-state index in [9.17, 15) is 18.0 Å². The number of benzene rings is 1. The molecule has 1 amide bonds. The average Bonchev–Trinajstić information content (AvgIpc) is 2.62. The van der Waals surface area contributed by atoms with Crippen molar-refractivity contribution in [1.82, 2.24) is 9.88 Å². The fourth-order valence-electron chi connectivity index (χ4n) is 2.79. The summed E-state index contributed by atoms with van der Waals surface area (Å²) in [5, 5.41) is 2.87. The van der Waals surface area contributed by atoms with Crippen molar-refractivity contribution in [3.63, 3.8) is 0 Å². The summed E-state index contributed by atoms with van der Waals surface area (Å²) in [4.78, 5) is 18.3. The molecule has 1 N–H and O–H groups in total. The van der Waals surface area contributed by atoms with Crippen LogP contribution in [0, 0.1) is 0 Å². The molecule has 2 aromatic rings. The quantitative estimate of drug-likeness (QED) is 0.889. The van der Waals surface area contributed by atoms with Gasteiger partial charge in [0.1, 0.15) is 5.69 Å². The molecule has 0 saturated carbocycles. The second-order valence-corrected chi connectivity index (χ2v) is 5.99. The molecule has 0 aliphatic carbocycles. The maximum atomic E-state index is 12.7. The summed E-state index contributed by atoms with van der Waals surface area (Å²) in [6.07, 6.45) is 0.205. The van der Waals surface area contributed by atoms with Gasteiger partial charge in [-0.1, -0.05) is 6.07 Å². The molecule has 3 rings (SSSR count). The molecular weight excluding hydrogens is 331 g/mol. The number of pyridine rings is 1. The van der Waals surface area contributed by atoms with Gasteiger partial charge in [-0.25, -0.2) is 4.98 Å². The van der Waals surface area contributed by atoms with E-state index in [1.54, 1.807) is 23.1 Å². The van der Waals surface area contributed by atoms with Crippen LogP contribution >= 0.6 is 0 Å². The molecule has 1 aromatic heterocycles. The Labute approximate surface area is 143 Å². The number of aromatic nitrogens is 1. The number of alkyl halides is 3. The molecule has 0 unspecified atom stereocenters. The van der Waals surface area contributed by atoms with Crippen LogP contribution in [-0.4, -0.2) is 28.9 Å². The van der Waals surface area contributed by atoms with Gasteiger partial charge < -0.3 is 10.2 Å². The molecule has 0 spiro atoms. The monoisotopic (exact) mass is 349 g/mol. The van der Waals surface area contributed by atoms with Crippen molar-refractivity contribution in [3.8, 4) is 0 Å². The summed E-state index contributed by atoms with van der Waals surface area (Å²) in [5.74, 6) is -0.106. The predicted octanol–water partition coefficient (Wildman–Crippen LogP) is 4.47. The molecule has 0 bridgehead atoms. The van der Waals surface area contributed by atoms with Gasteiger partial charge in [-0.15, -0.1) is 0 Å². The molecule has 1 saturated heterocycles. The van der Waals surface area contributed by atoms with Gasteiger partial charge >= 0.3 is 6.18 Å². The Kier molecular flexibility index (Phi) is 4.92. The van der Waals surface area contributed by atoms with E-state index in [1.165, 1.54) is 12.3 Å². The van der Waals surface area contributed by atoms with Crippen molar-refractivity contribution in [3.05, 3.63) is 53.9 Å². The van der Waals surface area contributed by atoms with Gasteiger partial charge in [0.2, 0.25) is 0 Å². The summed E-state index contributed by atoms with van der Waals surface area (Å²) in [5.41, 5.74) is 0.458. The molecule has 2 heterocycles. The highest BCUT2D eigenvalue weighted by Gasteiger charge is 2.30. The first-order valence-corrected chi connectivity index (χ1v) is 8.13. The Morgan fingerprint density at radius 2 is 1.80 bits per heavy atom. The Morgan fingerprint density at radius 3 is 2.44 bits per heavy atom. The molecule has 4 nitrogen and oxygen atoms in total. The number of amides is 1. The summed E-state index contributed by atoms with van der Waals surface area (Å²) >= 11 is 0. The number of rotatable bonds is 3. The highest BCUT2D eigenvalue weighted by atomic mass is 19.4. The molecule has 1 aliphatic heterocycles. The SMILES string of the molecule is O=C(c1ccc(Nc2cccc(C(F)(F)F)c2)cn1)N1CCCCC1. The number of piperidine rings is 1. The topological polar surface area (TPSA) is 45.2 Å². The van der Waals surface area contributed by atoms with Gasteiger partial charge in [-0.2, -0.15) is 13.2 Å². The van der Waals surface area contributed by atoms with E-state index >= 15 is 0 Å². The molecule has 1 aliphatic rings. The van der Waals surface area contributed by atoms with Gasteiger partial charge in [0.05, 0.1) is 17.4 Å². The first kappa shape index (κ1) is 17.3. The fraction of sp³-hybridized carbons (Fsp3) is 0.333. The van der Waals surface area contributed by atoms with E-state index in [4.69, 9.17) is 0 Å². The zero-order chi connectivity index (χ0) is 17.9. The maximum Gasteiger partial charge on any atom is 0.416 e. The lowest BCUT2D eigenvalue weighted by molar-refractivity contribution is -0.137. The van der Waals surface area contributed by atoms with E-state index in [0.717, 1.165) is 44.5 Å². The molecule has 0 radical (unpaired) electrons. The zero-order valence-electron chi connectivity index (χ0n) is 13.5. The number of nitrogens with zero attached hydrogens (tertiary/aromatic N) is 2. The van der Waals surface area contributed by atoms with E-state index in [2.05, 4.69) is 10.3 Å². The third-order valence-corrected chi connectivity index (χ3v) is 4.10. The van der Waals surface area contributed by atoms with Crippen molar-refractivity contribution in [2.24, 2.45) is 0 Å². The second kappa shape index (κ2) is 7.13. The van der Waals surface area contributed by atoms with Gasteiger partial charge in [0.25, 0.3) is 5.91 Å². The lowest BCUT2D eigenvalue weighted by Gasteiger charge is -2.26. The number of hydrogen-bond donors (Lipinski definition) is 1. The molecule has 0 atom stereocenters. The fourth-order valence-corrected chi connectivity index (χ4v) is 2.79. The molecule has 1 aromatic carbocycles. The number of anilines is 2. The summed E-state index contributed by atoms with van der Waals surface area (Å²) in [6, 6.07) is 8.17. The Morgan fingerprint density at radius 1 is 1.04 bits per heavy atom. The van der Waals surface area contributed by atoms with Crippen LogP contribution in [0.25, 0.3) is 0 Å². The van der Waals surface area contributed by atoms with E-state index in [-0.39, 0.29) is 5.91 Å².